The number of benzene rings is 1. The molecule has 0 unspecified atom stereocenters. The van der Waals surface area contributed by atoms with Crippen LogP contribution >= 0.6 is 23.4 Å². The van der Waals surface area contributed by atoms with Crippen LogP contribution in [-0.4, -0.2) is 32.8 Å². The van der Waals surface area contributed by atoms with Gasteiger partial charge in [-0.3, -0.25) is 9.55 Å². The van der Waals surface area contributed by atoms with Crippen LogP contribution in [0.3, 0.4) is 0 Å². The minimum absolute atomic E-state index is 0.697. The van der Waals surface area contributed by atoms with Crippen LogP contribution in [0.15, 0.2) is 53.8 Å². The molecule has 0 saturated carbocycles. The number of para-hydroxylation sites is 1. The van der Waals surface area contributed by atoms with E-state index in [1.807, 2.05) is 48.7 Å². The first-order valence-corrected chi connectivity index (χ1v) is 9.67. The topological polar surface area (TPSA) is 46.8 Å². The maximum Gasteiger partial charge on any atom is 0.232 e. The molecule has 0 N–H and O–H groups in total. The summed E-state index contributed by atoms with van der Waals surface area (Å²) in [7, 11) is 0. The van der Waals surface area contributed by atoms with Crippen LogP contribution in [0, 0.1) is 0 Å². The van der Waals surface area contributed by atoms with Crippen LogP contribution < -0.4 is 4.90 Å². The number of hydrogen-bond donors (Lipinski definition) is 0. The highest BCUT2D eigenvalue weighted by atomic mass is 35.5. The van der Waals surface area contributed by atoms with Crippen molar-refractivity contribution in [2.45, 2.75) is 23.8 Å². The van der Waals surface area contributed by atoms with Gasteiger partial charge < -0.3 is 4.90 Å². The normalized spacial score (nSPS) is 14.2. The standard InChI is InChI=1S/C18H18ClN5S/c19-15-8-1-2-9-16(15)24-17(23-11-5-6-12-23)21-22-18(24)25-13-14-7-3-4-10-20-14/h1-4,7-10H,5-6,11-13H2. The SMILES string of the molecule is Clc1ccccc1-n1c(SCc2ccccn2)nnc1N1CCCC1. The average molecular weight is 372 g/mol. The molecule has 7 heteroatoms. The van der Waals surface area contributed by atoms with Crippen molar-refractivity contribution in [2.24, 2.45) is 0 Å². The number of halogens is 1. The second-order valence-corrected chi connectivity index (χ2v) is 7.22. The van der Waals surface area contributed by atoms with Crippen molar-refractivity contribution < 1.29 is 0 Å². The van der Waals surface area contributed by atoms with Gasteiger partial charge in [-0.1, -0.05) is 41.6 Å². The molecule has 1 aliphatic rings. The molecule has 0 atom stereocenters. The summed E-state index contributed by atoms with van der Waals surface area (Å²) in [6.45, 7) is 2.01. The van der Waals surface area contributed by atoms with E-state index in [-0.39, 0.29) is 0 Å². The van der Waals surface area contributed by atoms with Gasteiger partial charge in [0.05, 0.1) is 16.4 Å². The summed E-state index contributed by atoms with van der Waals surface area (Å²) in [6, 6.07) is 13.8. The predicted molar refractivity (Wildman–Crippen MR) is 102 cm³/mol. The number of thioether (sulfide) groups is 1. The van der Waals surface area contributed by atoms with E-state index in [2.05, 4.69) is 24.6 Å². The Bertz CT molecular complexity index is 846. The minimum atomic E-state index is 0.697. The van der Waals surface area contributed by atoms with Crippen LogP contribution in [-0.2, 0) is 5.75 Å². The molecule has 0 spiro atoms. The van der Waals surface area contributed by atoms with Crippen LogP contribution in [0.4, 0.5) is 5.95 Å². The molecule has 25 heavy (non-hydrogen) atoms. The number of aromatic nitrogens is 4. The van der Waals surface area contributed by atoms with Crippen molar-refractivity contribution in [3.63, 3.8) is 0 Å². The van der Waals surface area contributed by atoms with E-state index in [0.29, 0.717) is 5.02 Å². The molecule has 1 saturated heterocycles. The van der Waals surface area contributed by atoms with Crippen LogP contribution in [0.25, 0.3) is 5.69 Å². The highest BCUT2D eigenvalue weighted by Crippen LogP contribution is 2.32. The van der Waals surface area contributed by atoms with Gasteiger partial charge in [0.25, 0.3) is 0 Å². The average Bonchev–Trinajstić information content (AvgIpc) is 3.31. The number of anilines is 1. The highest BCUT2D eigenvalue weighted by molar-refractivity contribution is 7.98. The minimum Gasteiger partial charge on any atom is -0.341 e. The lowest BCUT2D eigenvalue weighted by Crippen LogP contribution is -2.22. The number of pyridine rings is 1. The van der Waals surface area contributed by atoms with Gasteiger partial charge in [-0.15, -0.1) is 10.2 Å². The van der Waals surface area contributed by atoms with Gasteiger partial charge in [-0.25, -0.2) is 0 Å². The molecule has 1 fully saturated rings. The van der Waals surface area contributed by atoms with Crippen molar-refractivity contribution >= 4 is 29.3 Å². The first kappa shape index (κ1) is 16.4. The van der Waals surface area contributed by atoms with E-state index < -0.39 is 0 Å². The summed E-state index contributed by atoms with van der Waals surface area (Å²) >= 11 is 8.09. The zero-order valence-corrected chi connectivity index (χ0v) is 15.2. The van der Waals surface area contributed by atoms with Crippen LogP contribution in [0.2, 0.25) is 5.02 Å². The smallest absolute Gasteiger partial charge is 0.232 e. The molecule has 3 heterocycles. The summed E-state index contributed by atoms with van der Waals surface area (Å²) in [5.74, 6) is 1.61. The van der Waals surface area contributed by atoms with Crippen LogP contribution in [0.5, 0.6) is 0 Å². The number of rotatable bonds is 5. The molecular formula is C18H18ClN5S. The van der Waals surface area contributed by atoms with Gasteiger partial charge in [0, 0.05) is 25.0 Å². The van der Waals surface area contributed by atoms with Gasteiger partial charge in [0.1, 0.15) is 0 Å². The Morgan fingerprint density at radius 1 is 1.00 bits per heavy atom. The summed E-state index contributed by atoms with van der Waals surface area (Å²) in [5, 5.41) is 10.4. The van der Waals surface area contributed by atoms with Crippen molar-refractivity contribution in [2.75, 3.05) is 18.0 Å². The zero-order chi connectivity index (χ0) is 17.1. The molecule has 5 nitrogen and oxygen atoms in total. The Labute approximate surface area is 156 Å². The lowest BCUT2D eigenvalue weighted by atomic mass is 10.3. The fourth-order valence-electron chi connectivity index (χ4n) is 2.94. The van der Waals surface area contributed by atoms with E-state index in [1.165, 1.54) is 12.8 Å². The largest absolute Gasteiger partial charge is 0.341 e. The number of nitrogens with zero attached hydrogens (tertiary/aromatic N) is 5. The molecule has 0 aliphatic carbocycles. The summed E-state index contributed by atoms with van der Waals surface area (Å²) in [6.07, 6.45) is 4.18. The Balaban J connectivity index is 1.70. The fourth-order valence-corrected chi connectivity index (χ4v) is 4.02. The molecule has 2 aromatic heterocycles. The fraction of sp³-hybridized carbons (Fsp3) is 0.278. The molecule has 1 aromatic carbocycles. The van der Waals surface area contributed by atoms with Crippen LogP contribution in [0.1, 0.15) is 18.5 Å². The first-order chi connectivity index (χ1) is 12.3. The summed E-state index contributed by atoms with van der Waals surface area (Å²) < 4.78 is 2.07. The maximum atomic E-state index is 6.47. The molecule has 128 valence electrons. The quantitative estimate of drug-likeness (QED) is 0.629. The first-order valence-electron chi connectivity index (χ1n) is 8.31. The highest BCUT2D eigenvalue weighted by Gasteiger charge is 2.23. The Kier molecular flexibility index (Phi) is 4.90. The van der Waals surface area contributed by atoms with Crippen molar-refractivity contribution in [1.29, 1.82) is 0 Å². The van der Waals surface area contributed by atoms with E-state index in [0.717, 1.165) is 41.3 Å². The van der Waals surface area contributed by atoms with Crippen molar-refractivity contribution in [3.8, 4) is 5.69 Å². The van der Waals surface area contributed by atoms with Crippen molar-refractivity contribution in [1.82, 2.24) is 19.7 Å². The number of hydrogen-bond acceptors (Lipinski definition) is 5. The Hall–Kier alpha value is -2.05. The van der Waals surface area contributed by atoms with Gasteiger partial charge in [0.15, 0.2) is 5.16 Å². The molecule has 4 rings (SSSR count). The summed E-state index contributed by atoms with van der Waals surface area (Å²) in [5.41, 5.74) is 1.93. The molecular weight excluding hydrogens is 354 g/mol. The zero-order valence-electron chi connectivity index (χ0n) is 13.7. The van der Waals surface area contributed by atoms with E-state index in [9.17, 15) is 0 Å². The van der Waals surface area contributed by atoms with E-state index >= 15 is 0 Å². The monoisotopic (exact) mass is 371 g/mol. The maximum absolute atomic E-state index is 6.47. The Morgan fingerprint density at radius 2 is 1.80 bits per heavy atom. The second-order valence-electron chi connectivity index (χ2n) is 5.87. The van der Waals surface area contributed by atoms with Gasteiger partial charge >= 0.3 is 0 Å². The molecule has 1 aliphatic heterocycles. The van der Waals surface area contributed by atoms with Gasteiger partial charge in [-0.2, -0.15) is 0 Å². The second kappa shape index (κ2) is 7.45. The van der Waals surface area contributed by atoms with Gasteiger partial charge in [-0.05, 0) is 37.1 Å². The lowest BCUT2D eigenvalue weighted by Gasteiger charge is -2.19. The molecule has 0 amide bonds. The van der Waals surface area contributed by atoms with Crippen molar-refractivity contribution in [3.05, 3.63) is 59.4 Å². The Morgan fingerprint density at radius 3 is 2.56 bits per heavy atom. The van der Waals surface area contributed by atoms with Gasteiger partial charge in [0.2, 0.25) is 5.95 Å². The molecule has 0 radical (unpaired) electrons. The molecule has 3 aromatic rings. The molecule has 0 bridgehead atoms. The van der Waals surface area contributed by atoms with E-state index in [1.54, 1.807) is 11.8 Å². The lowest BCUT2D eigenvalue weighted by molar-refractivity contribution is 0.841. The predicted octanol–water partition coefficient (Wildman–Crippen LogP) is 4.21. The summed E-state index contributed by atoms with van der Waals surface area (Å²) in [4.78, 5) is 6.66. The van der Waals surface area contributed by atoms with E-state index in [4.69, 9.17) is 11.6 Å². The third-order valence-electron chi connectivity index (χ3n) is 4.17. The third kappa shape index (κ3) is 3.50. The third-order valence-corrected chi connectivity index (χ3v) is 5.46.